The first kappa shape index (κ1) is 11.6. The summed E-state index contributed by atoms with van der Waals surface area (Å²) in [5.74, 6) is 0. The molecule has 0 fully saturated rings. The molecule has 0 aromatic heterocycles. The molecule has 0 amide bonds. The molecule has 0 aliphatic carbocycles. The van der Waals surface area contributed by atoms with E-state index in [1.807, 2.05) is 19.1 Å². The Labute approximate surface area is 80.3 Å². The Morgan fingerprint density at radius 3 is 2.31 bits per heavy atom. The number of nitriles is 1. The van der Waals surface area contributed by atoms with Crippen LogP contribution >= 0.6 is 0 Å². The molecule has 0 bridgehead atoms. The molecule has 0 unspecified atom stereocenters. The quantitative estimate of drug-likeness (QED) is 0.470. The lowest BCUT2D eigenvalue weighted by atomic mass is 9.87. The fourth-order valence-electron chi connectivity index (χ4n) is 0.878. The maximum atomic E-state index is 8.44. The Kier molecular flexibility index (Phi) is 4.13. The highest BCUT2D eigenvalue weighted by atomic mass is 14.7. The molecule has 0 saturated carbocycles. The fourth-order valence-corrected chi connectivity index (χ4v) is 0.878. The molecule has 0 rings (SSSR count). The van der Waals surface area contributed by atoms with Crippen molar-refractivity contribution in [3.8, 4) is 6.07 Å². The zero-order valence-corrected chi connectivity index (χ0v) is 8.76. The Balaban J connectivity index is 4.62. The van der Waals surface area contributed by atoms with E-state index in [1.165, 1.54) is 0 Å². The van der Waals surface area contributed by atoms with Gasteiger partial charge in [0, 0.05) is 6.21 Å². The molecule has 0 aromatic carbocycles. The lowest BCUT2D eigenvalue weighted by Crippen LogP contribution is -2.10. The van der Waals surface area contributed by atoms with Gasteiger partial charge in [0.15, 0.2) is 0 Å². The molecule has 0 saturated heterocycles. The van der Waals surface area contributed by atoms with Crippen molar-refractivity contribution in [3.05, 3.63) is 23.9 Å². The highest BCUT2D eigenvalue weighted by Crippen LogP contribution is 2.23. The van der Waals surface area contributed by atoms with E-state index in [0.717, 1.165) is 5.57 Å². The molecule has 0 aliphatic rings. The van der Waals surface area contributed by atoms with E-state index in [1.54, 1.807) is 6.21 Å². The first-order valence-corrected chi connectivity index (χ1v) is 4.21. The topological polar surface area (TPSA) is 36.1 Å². The predicted octanol–water partition coefficient (Wildman–Crippen LogP) is 3.09. The molecule has 13 heavy (non-hydrogen) atoms. The van der Waals surface area contributed by atoms with Crippen LogP contribution in [-0.2, 0) is 0 Å². The standard InChI is InChI=1S/C11H16N2/c1-6-10(11(3,4)5)8-13-9(2)7-12/h6,8H,2H2,1,3-5H3/b10-6+,13-8-. The minimum atomic E-state index is 0.0635. The highest BCUT2D eigenvalue weighted by molar-refractivity contribution is 5.81. The van der Waals surface area contributed by atoms with Gasteiger partial charge in [-0.25, -0.2) is 4.99 Å². The predicted molar refractivity (Wildman–Crippen MR) is 56.5 cm³/mol. The maximum absolute atomic E-state index is 8.44. The van der Waals surface area contributed by atoms with Crippen molar-refractivity contribution in [3.63, 3.8) is 0 Å². The minimum absolute atomic E-state index is 0.0635. The largest absolute Gasteiger partial charge is 0.246 e. The van der Waals surface area contributed by atoms with Crippen LogP contribution in [-0.4, -0.2) is 6.21 Å². The van der Waals surface area contributed by atoms with E-state index >= 15 is 0 Å². The number of rotatable bonds is 2. The van der Waals surface area contributed by atoms with E-state index in [9.17, 15) is 0 Å². The van der Waals surface area contributed by atoms with E-state index in [2.05, 4.69) is 32.3 Å². The summed E-state index contributed by atoms with van der Waals surface area (Å²) >= 11 is 0. The molecule has 0 heterocycles. The smallest absolute Gasteiger partial charge is 0.133 e. The maximum Gasteiger partial charge on any atom is 0.133 e. The zero-order valence-electron chi connectivity index (χ0n) is 8.76. The number of aliphatic imine (C=N–C) groups is 1. The van der Waals surface area contributed by atoms with E-state index in [0.29, 0.717) is 0 Å². The van der Waals surface area contributed by atoms with Gasteiger partial charge < -0.3 is 0 Å². The van der Waals surface area contributed by atoms with Gasteiger partial charge >= 0.3 is 0 Å². The molecule has 70 valence electrons. The Morgan fingerprint density at radius 2 is 2.00 bits per heavy atom. The van der Waals surface area contributed by atoms with Crippen molar-refractivity contribution in [2.75, 3.05) is 0 Å². The van der Waals surface area contributed by atoms with Crippen LogP contribution in [0.5, 0.6) is 0 Å². The van der Waals surface area contributed by atoms with Gasteiger partial charge in [-0.1, -0.05) is 33.4 Å². The van der Waals surface area contributed by atoms with Gasteiger partial charge in [0.1, 0.15) is 11.8 Å². The molecule has 2 nitrogen and oxygen atoms in total. The monoisotopic (exact) mass is 176 g/mol. The molecule has 0 N–H and O–H groups in total. The SMILES string of the molecule is C=C(C#N)/N=C\C(=C/C)C(C)(C)C. The number of hydrogen-bond donors (Lipinski definition) is 0. The third-order valence-corrected chi connectivity index (χ3v) is 1.67. The second-order valence-electron chi connectivity index (χ2n) is 3.81. The summed E-state index contributed by atoms with van der Waals surface area (Å²) in [6.07, 6.45) is 3.69. The molecule has 2 heteroatoms. The van der Waals surface area contributed by atoms with Crippen LogP contribution in [0.1, 0.15) is 27.7 Å². The summed E-state index contributed by atoms with van der Waals surface area (Å²) in [5.41, 5.74) is 1.40. The average molecular weight is 176 g/mol. The van der Waals surface area contributed by atoms with E-state index in [4.69, 9.17) is 5.26 Å². The van der Waals surface area contributed by atoms with Crippen molar-refractivity contribution in [2.24, 2.45) is 10.4 Å². The summed E-state index contributed by atoms with van der Waals surface area (Å²) in [6.45, 7) is 11.7. The Morgan fingerprint density at radius 1 is 1.46 bits per heavy atom. The zero-order chi connectivity index (χ0) is 10.5. The first-order valence-electron chi connectivity index (χ1n) is 4.21. The van der Waals surface area contributed by atoms with Gasteiger partial charge in [-0.05, 0) is 17.9 Å². The Bertz CT molecular complexity index is 282. The van der Waals surface area contributed by atoms with Gasteiger partial charge in [0.25, 0.3) is 0 Å². The summed E-state index contributed by atoms with van der Waals surface area (Å²) in [5, 5.41) is 8.44. The second-order valence-corrected chi connectivity index (χ2v) is 3.81. The van der Waals surface area contributed by atoms with Crippen LogP contribution < -0.4 is 0 Å². The lowest BCUT2D eigenvalue weighted by molar-refractivity contribution is 0.526. The van der Waals surface area contributed by atoms with Gasteiger partial charge in [-0.3, -0.25) is 0 Å². The van der Waals surface area contributed by atoms with Gasteiger partial charge in [-0.2, -0.15) is 5.26 Å². The van der Waals surface area contributed by atoms with Gasteiger partial charge in [0.05, 0.1) is 0 Å². The van der Waals surface area contributed by atoms with Crippen LogP contribution in [0.15, 0.2) is 28.9 Å². The minimum Gasteiger partial charge on any atom is -0.246 e. The average Bonchev–Trinajstić information content (AvgIpc) is 2.02. The van der Waals surface area contributed by atoms with Gasteiger partial charge in [0.2, 0.25) is 0 Å². The molecule has 0 atom stereocenters. The van der Waals surface area contributed by atoms with Crippen molar-refractivity contribution in [2.45, 2.75) is 27.7 Å². The van der Waals surface area contributed by atoms with Crippen LogP contribution in [0.3, 0.4) is 0 Å². The van der Waals surface area contributed by atoms with Crippen molar-refractivity contribution in [1.29, 1.82) is 5.26 Å². The van der Waals surface area contributed by atoms with Crippen LogP contribution in [0.2, 0.25) is 0 Å². The van der Waals surface area contributed by atoms with E-state index < -0.39 is 0 Å². The molecule has 0 spiro atoms. The summed E-state index contributed by atoms with van der Waals surface area (Å²) in [6, 6.07) is 1.88. The Hall–Kier alpha value is -1.36. The van der Waals surface area contributed by atoms with Crippen LogP contribution in [0.4, 0.5) is 0 Å². The van der Waals surface area contributed by atoms with Crippen molar-refractivity contribution < 1.29 is 0 Å². The third kappa shape index (κ3) is 4.27. The highest BCUT2D eigenvalue weighted by Gasteiger charge is 2.13. The molecule has 0 radical (unpaired) electrons. The number of nitrogens with zero attached hydrogens (tertiary/aromatic N) is 2. The molecule has 0 aliphatic heterocycles. The summed E-state index contributed by atoms with van der Waals surface area (Å²) in [4.78, 5) is 3.93. The van der Waals surface area contributed by atoms with Crippen molar-refractivity contribution >= 4 is 6.21 Å². The van der Waals surface area contributed by atoms with Crippen LogP contribution in [0.25, 0.3) is 0 Å². The third-order valence-electron chi connectivity index (χ3n) is 1.67. The van der Waals surface area contributed by atoms with Gasteiger partial charge in [-0.15, -0.1) is 0 Å². The lowest BCUT2D eigenvalue weighted by Gasteiger charge is -2.18. The molecular formula is C11H16N2. The fraction of sp³-hybridized carbons (Fsp3) is 0.455. The number of allylic oxidation sites excluding steroid dienone is 3. The molecule has 0 aromatic rings. The normalized spacial score (nSPS) is 13.0. The summed E-state index contributed by atoms with van der Waals surface area (Å²) < 4.78 is 0. The van der Waals surface area contributed by atoms with Crippen LogP contribution in [0, 0.1) is 16.7 Å². The first-order chi connectivity index (χ1) is 5.91. The van der Waals surface area contributed by atoms with Crippen molar-refractivity contribution in [1.82, 2.24) is 0 Å². The summed E-state index contributed by atoms with van der Waals surface area (Å²) in [7, 11) is 0. The second kappa shape index (κ2) is 4.61. The van der Waals surface area contributed by atoms with E-state index in [-0.39, 0.29) is 11.1 Å². The number of hydrogen-bond acceptors (Lipinski definition) is 2. The molecular weight excluding hydrogens is 160 g/mol.